The summed E-state index contributed by atoms with van der Waals surface area (Å²) in [4.78, 5) is 0.265. The Bertz CT molecular complexity index is 799. The van der Waals surface area contributed by atoms with Crippen LogP contribution in [0.3, 0.4) is 0 Å². The zero-order valence-electron chi connectivity index (χ0n) is 13.1. The molecule has 0 bridgehead atoms. The van der Waals surface area contributed by atoms with E-state index in [1.807, 2.05) is 13.8 Å². The van der Waals surface area contributed by atoms with Crippen molar-refractivity contribution in [2.24, 2.45) is 0 Å². The average molecular weight is 355 g/mol. The van der Waals surface area contributed by atoms with Crippen LogP contribution in [0.5, 0.6) is 0 Å². The van der Waals surface area contributed by atoms with E-state index in [-0.39, 0.29) is 10.9 Å². The van der Waals surface area contributed by atoms with Gasteiger partial charge in [0.2, 0.25) is 10.0 Å². The molecular formula is C16H19ClN2O3S. The zero-order valence-corrected chi connectivity index (χ0v) is 14.7. The first kappa shape index (κ1) is 16.5. The van der Waals surface area contributed by atoms with Crippen LogP contribution >= 0.6 is 11.6 Å². The van der Waals surface area contributed by atoms with Gasteiger partial charge in [-0.1, -0.05) is 23.7 Å². The van der Waals surface area contributed by atoms with Crippen LogP contribution in [0.15, 0.2) is 33.7 Å². The number of hydrogen-bond acceptors (Lipinski definition) is 4. The van der Waals surface area contributed by atoms with Crippen molar-refractivity contribution in [1.82, 2.24) is 9.46 Å². The third kappa shape index (κ3) is 2.91. The van der Waals surface area contributed by atoms with E-state index >= 15 is 0 Å². The van der Waals surface area contributed by atoms with Gasteiger partial charge in [0, 0.05) is 23.6 Å². The van der Waals surface area contributed by atoms with E-state index in [1.165, 1.54) is 0 Å². The summed E-state index contributed by atoms with van der Waals surface area (Å²) in [7, 11) is -3.57. The van der Waals surface area contributed by atoms with Gasteiger partial charge in [-0.2, -0.15) is 4.31 Å². The minimum Gasteiger partial charge on any atom is -0.361 e. The molecule has 1 saturated heterocycles. The smallest absolute Gasteiger partial charge is 0.243 e. The fourth-order valence-corrected chi connectivity index (χ4v) is 4.96. The summed E-state index contributed by atoms with van der Waals surface area (Å²) in [5, 5.41) is 4.54. The van der Waals surface area contributed by atoms with Crippen LogP contribution < -0.4 is 0 Å². The second kappa shape index (κ2) is 6.26. The number of benzene rings is 1. The van der Waals surface area contributed by atoms with Gasteiger partial charge in [0.25, 0.3) is 0 Å². The Morgan fingerprint density at radius 1 is 1.35 bits per heavy atom. The molecule has 1 aromatic carbocycles. The van der Waals surface area contributed by atoms with Crippen molar-refractivity contribution in [3.8, 4) is 0 Å². The van der Waals surface area contributed by atoms with E-state index in [9.17, 15) is 8.42 Å². The van der Waals surface area contributed by atoms with Gasteiger partial charge in [-0.3, -0.25) is 0 Å². The highest BCUT2D eigenvalue weighted by Gasteiger charge is 2.39. The third-order valence-electron chi connectivity index (χ3n) is 4.26. The molecule has 3 rings (SSSR count). The summed E-state index contributed by atoms with van der Waals surface area (Å²) in [5.74, 6) is 0.769. The van der Waals surface area contributed by atoms with Crippen LogP contribution in [-0.4, -0.2) is 24.4 Å². The summed E-state index contributed by atoms with van der Waals surface area (Å²) in [5.41, 5.74) is 1.69. The van der Waals surface area contributed by atoms with Crippen LogP contribution in [0, 0.1) is 6.92 Å². The minimum absolute atomic E-state index is 0.211. The maximum Gasteiger partial charge on any atom is 0.243 e. The van der Waals surface area contributed by atoms with Crippen LogP contribution in [0.1, 0.15) is 42.8 Å². The Morgan fingerprint density at radius 2 is 2.04 bits per heavy atom. The van der Waals surface area contributed by atoms with Gasteiger partial charge in [0.15, 0.2) is 0 Å². The lowest BCUT2D eigenvalue weighted by molar-refractivity contribution is 0.368. The molecule has 5 nitrogen and oxygen atoms in total. The Morgan fingerprint density at radius 3 is 2.70 bits per heavy atom. The van der Waals surface area contributed by atoms with Crippen molar-refractivity contribution in [2.45, 2.75) is 44.0 Å². The highest BCUT2D eigenvalue weighted by atomic mass is 35.5. The molecular weight excluding hydrogens is 336 g/mol. The molecule has 124 valence electrons. The van der Waals surface area contributed by atoms with E-state index in [0.717, 1.165) is 29.9 Å². The van der Waals surface area contributed by atoms with Gasteiger partial charge in [-0.15, -0.1) is 0 Å². The zero-order chi connectivity index (χ0) is 16.6. The lowest BCUT2D eigenvalue weighted by atomic mass is 10.0. The highest BCUT2D eigenvalue weighted by molar-refractivity contribution is 7.89. The van der Waals surface area contributed by atoms with E-state index in [2.05, 4.69) is 5.16 Å². The molecule has 0 aliphatic carbocycles. The maximum atomic E-state index is 13.0. The van der Waals surface area contributed by atoms with Gasteiger partial charge in [0.05, 0.1) is 16.6 Å². The summed E-state index contributed by atoms with van der Waals surface area (Å²) in [6.45, 7) is 4.35. The average Bonchev–Trinajstić information content (AvgIpc) is 3.13. The molecule has 0 radical (unpaired) electrons. The van der Waals surface area contributed by atoms with Crippen LogP contribution in [-0.2, 0) is 16.4 Å². The van der Waals surface area contributed by atoms with Crippen molar-refractivity contribution in [1.29, 1.82) is 0 Å². The molecule has 2 heterocycles. The first-order valence-electron chi connectivity index (χ1n) is 7.67. The summed E-state index contributed by atoms with van der Waals surface area (Å²) >= 11 is 5.86. The predicted molar refractivity (Wildman–Crippen MR) is 87.9 cm³/mol. The summed E-state index contributed by atoms with van der Waals surface area (Å²) in [6.07, 6.45) is 2.30. The molecule has 0 spiro atoms. The molecule has 23 heavy (non-hydrogen) atoms. The lowest BCUT2D eigenvalue weighted by Gasteiger charge is -2.24. The number of hydrogen-bond donors (Lipinski definition) is 0. The first-order chi connectivity index (χ1) is 10.9. The van der Waals surface area contributed by atoms with Crippen LogP contribution in [0.2, 0.25) is 5.02 Å². The number of aryl methyl sites for hydroxylation is 2. The SMILES string of the molecule is CCc1onc(C)c1[C@@H]1CCCN1S(=O)(=O)c1ccc(Cl)cc1. The van der Waals surface area contributed by atoms with E-state index in [1.54, 1.807) is 28.6 Å². The molecule has 0 saturated carbocycles. The molecule has 0 amide bonds. The lowest BCUT2D eigenvalue weighted by Crippen LogP contribution is -2.31. The standard InChI is InChI=1S/C16H19ClN2O3S/c1-3-15-16(11(2)18-22-15)14-5-4-10-19(14)23(20,21)13-8-6-12(17)7-9-13/h6-9,14H,3-5,10H2,1-2H3/t14-/m0/s1. The predicted octanol–water partition coefficient (Wildman–Crippen LogP) is 3.72. The molecule has 1 fully saturated rings. The van der Waals surface area contributed by atoms with Crippen molar-refractivity contribution in [3.05, 3.63) is 46.3 Å². The quantitative estimate of drug-likeness (QED) is 0.839. The highest BCUT2D eigenvalue weighted by Crippen LogP contribution is 2.39. The third-order valence-corrected chi connectivity index (χ3v) is 6.44. The number of sulfonamides is 1. The Balaban J connectivity index is 2.01. The molecule has 1 aliphatic heterocycles. The fraction of sp³-hybridized carbons (Fsp3) is 0.438. The second-order valence-electron chi connectivity index (χ2n) is 5.69. The maximum absolute atomic E-state index is 13.0. The fourth-order valence-electron chi connectivity index (χ4n) is 3.16. The number of nitrogens with zero attached hydrogens (tertiary/aromatic N) is 2. The molecule has 1 atom stereocenters. The normalized spacial score (nSPS) is 19.3. The van der Waals surface area contributed by atoms with E-state index < -0.39 is 10.0 Å². The molecule has 7 heteroatoms. The van der Waals surface area contributed by atoms with E-state index in [4.69, 9.17) is 16.1 Å². The van der Waals surface area contributed by atoms with Crippen molar-refractivity contribution in [2.75, 3.05) is 6.54 Å². The molecule has 0 N–H and O–H groups in total. The molecule has 2 aromatic rings. The van der Waals surface area contributed by atoms with Crippen LogP contribution in [0.25, 0.3) is 0 Å². The molecule has 0 unspecified atom stereocenters. The van der Waals surface area contributed by atoms with Gasteiger partial charge in [-0.05, 0) is 44.0 Å². The Labute approximate surface area is 141 Å². The summed E-state index contributed by atoms with van der Waals surface area (Å²) in [6, 6.07) is 6.09. The molecule has 1 aliphatic rings. The number of halogens is 1. The van der Waals surface area contributed by atoms with Gasteiger partial charge in [0.1, 0.15) is 5.76 Å². The Kier molecular flexibility index (Phi) is 4.49. The van der Waals surface area contributed by atoms with Crippen molar-refractivity contribution in [3.63, 3.8) is 0 Å². The van der Waals surface area contributed by atoms with Crippen molar-refractivity contribution >= 4 is 21.6 Å². The van der Waals surface area contributed by atoms with Crippen LogP contribution in [0.4, 0.5) is 0 Å². The number of aromatic nitrogens is 1. The van der Waals surface area contributed by atoms with E-state index in [0.29, 0.717) is 18.0 Å². The van der Waals surface area contributed by atoms with Gasteiger partial charge < -0.3 is 4.52 Å². The Hall–Kier alpha value is -1.37. The number of rotatable bonds is 4. The van der Waals surface area contributed by atoms with Crippen molar-refractivity contribution < 1.29 is 12.9 Å². The monoisotopic (exact) mass is 354 g/mol. The largest absolute Gasteiger partial charge is 0.361 e. The molecule has 1 aromatic heterocycles. The van der Waals surface area contributed by atoms with Gasteiger partial charge in [-0.25, -0.2) is 8.42 Å². The topological polar surface area (TPSA) is 63.4 Å². The minimum atomic E-state index is -3.57. The van der Waals surface area contributed by atoms with Gasteiger partial charge >= 0.3 is 0 Å². The summed E-state index contributed by atoms with van der Waals surface area (Å²) < 4.78 is 32.9. The first-order valence-corrected chi connectivity index (χ1v) is 9.49. The second-order valence-corrected chi connectivity index (χ2v) is 8.01.